The quantitative estimate of drug-likeness (QED) is 0.450. The van der Waals surface area contributed by atoms with E-state index in [-0.39, 0.29) is 10.5 Å². The molecule has 0 saturated carbocycles. The number of fused-ring (bicyclic) bond motifs is 1. The maximum atomic E-state index is 12.5. The normalized spacial score (nSPS) is 11.5. The van der Waals surface area contributed by atoms with Crippen molar-refractivity contribution in [3.63, 3.8) is 0 Å². The highest BCUT2D eigenvalue weighted by Gasteiger charge is 2.14. The predicted octanol–water partition coefficient (Wildman–Crippen LogP) is 2.34. The maximum absolute atomic E-state index is 12.5. The molecule has 0 spiro atoms. The molecule has 1 aromatic carbocycles. The lowest BCUT2D eigenvalue weighted by Crippen LogP contribution is -2.18. The second-order valence-corrected chi connectivity index (χ2v) is 8.39. The SMILES string of the molecule is CNS(=O)(=O)c1cccc(Nc2nc(-c3cnc(C)nc3)cc3cc[nH]c(=O)c23)c1. The molecule has 9 nitrogen and oxygen atoms in total. The number of pyridine rings is 2. The van der Waals surface area contributed by atoms with Crippen LogP contribution in [0, 0.1) is 6.92 Å². The minimum absolute atomic E-state index is 0.0938. The first kappa shape index (κ1) is 19.7. The number of anilines is 2. The van der Waals surface area contributed by atoms with Crippen molar-refractivity contribution in [2.45, 2.75) is 11.8 Å². The van der Waals surface area contributed by atoms with Crippen molar-refractivity contribution in [2.75, 3.05) is 12.4 Å². The van der Waals surface area contributed by atoms with Gasteiger partial charge in [-0.1, -0.05) is 6.07 Å². The Balaban J connectivity index is 1.87. The van der Waals surface area contributed by atoms with Gasteiger partial charge in [-0.2, -0.15) is 0 Å². The van der Waals surface area contributed by atoms with E-state index < -0.39 is 10.0 Å². The highest BCUT2D eigenvalue weighted by molar-refractivity contribution is 7.89. The van der Waals surface area contributed by atoms with Crippen molar-refractivity contribution < 1.29 is 8.42 Å². The standard InChI is InChI=1S/C20H18N6O3S/c1-12-23-10-14(11-24-12)17-8-13-6-7-22-20(27)18(13)19(26-17)25-15-4-3-5-16(9-15)30(28,29)21-2/h3-11,21H,1-2H3,(H,22,27)(H,25,26). The molecule has 0 aliphatic carbocycles. The van der Waals surface area contributed by atoms with Gasteiger partial charge in [0.1, 0.15) is 11.6 Å². The largest absolute Gasteiger partial charge is 0.339 e. The summed E-state index contributed by atoms with van der Waals surface area (Å²) < 4.78 is 26.5. The molecule has 0 saturated heterocycles. The fourth-order valence-electron chi connectivity index (χ4n) is 2.97. The number of hydrogen-bond acceptors (Lipinski definition) is 7. The molecule has 3 aromatic heterocycles. The molecule has 0 bridgehead atoms. The van der Waals surface area contributed by atoms with Crippen LogP contribution in [0.25, 0.3) is 22.0 Å². The summed E-state index contributed by atoms with van der Waals surface area (Å²) in [6, 6.07) is 9.81. The minimum Gasteiger partial charge on any atom is -0.339 e. The van der Waals surface area contributed by atoms with Crippen LogP contribution in [0.2, 0.25) is 0 Å². The number of aromatic nitrogens is 4. The fraction of sp³-hybridized carbons (Fsp3) is 0.100. The summed E-state index contributed by atoms with van der Waals surface area (Å²) in [4.78, 5) is 28.2. The molecule has 0 aliphatic heterocycles. The third-order valence-corrected chi connectivity index (χ3v) is 5.92. The van der Waals surface area contributed by atoms with Crippen molar-refractivity contribution in [2.24, 2.45) is 0 Å². The first-order valence-corrected chi connectivity index (χ1v) is 10.5. The molecule has 0 aliphatic rings. The van der Waals surface area contributed by atoms with Gasteiger partial charge in [-0.25, -0.2) is 28.1 Å². The average molecular weight is 422 g/mol. The van der Waals surface area contributed by atoms with Gasteiger partial charge in [-0.15, -0.1) is 0 Å². The smallest absolute Gasteiger partial charge is 0.259 e. The summed E-state index contributed by atoms with van der Waals surface area (Å²) >= 11 is 0. The van der Waals surface area contributed by atoms with E-state index in [0.717, 1.165) is 0 Å². The lowest BCUT2D eigenvalue weighted by atomic mass is 10.1. The van der Waals surface area contributed by atoms with Gasteiger partial charge < -0.3 is 10.3 Å². The fourth-order valence-corrected chi connectivity index (χ4v) is 3.75. The van der Waals surface area contributed by atoms with Crippen LogP contribution >= 0.6 is 0 Å². The third kappa shape index (κ3) is 3.78. The zero-order chi connectivity index (χ0) is 21.3. The minimum atomic E-state index is -3.61. The van der Waals surface area contributed by atoms with Crippen molar-refractivity contribution in [3.8, 4) is 11.3 Å². The van der Waals surface area contributed by atoms with Crippen molar-refractivity contribution in [1.82, 2.24) is 24.7 Å². The summed E-state index contributed by atoms with van der Waals surface area (Å²) in [7, 11) is -2.27. The molecular formula is C20H18N6O3S. The van der Waals surface area contributed by atoms with E-state index in [0.29, 0.717) is 39.4 Å². The zero-order valence-electron chi connectivity index (χ0n) is 16.2. The molecule has 30 heavy (non-hydrogen) atoms. The van der Waals surface area contributed by atoms with Crippen LogP contribution in [0.5, 0.6) is 0 Å². The molecule has 0 atom stereocenters. The summed E-state index contributed by atoms with van der Waals surface area (Å²) in [5.41, 5.74) is 1.43. The van der Waals surface area contributed by atoms with E-state index >= 15 is 0 Å². The van der Waals surface area contributed by atoms with Crippen LogP contribution in [0.3, 0.4) is 0 Å². The maximum Gasteiger partial charge on any atom is 0.259 e. The summed E-state index contributed by atoms with van der Waals surface area (Å²) in [5.74, 6) is 0.931. The lowest BCUT2D eigenvalue weighted by Gasteiger charge is -2.12. The van der Waals surface area contributed by atoms with Crippen LogP contribution in [-0.4, -0.2) is 35.4 Å². The molecule has 152 valence electrons. The van der Waals surface area contributed by atoms with Gasteiger partial charge in [0, 0.05) is 29.8 Å². The highest BCUT2D eigenvalue weighted by Crippen LogP contribution is 2.28. The van der Waals surface area contributed by atoms with Gasteiger partial charge >= 0.3 is 0 Å². The number of hydrogen-bond donors (Lipinski definition) is 3. The Hall–Kier alpha value is -3.63. The molecular weight excluding hydrogens is 404 g/mol. The lowest BCUT2D eigenvalue weighted by molar-refractivity contribution is 0.588. The molecule has 3 N–H and O–H groups in total. The van der Waals surface area contributed by atoms with Crippen molar-refractivity contribution in [1.29, 1.82) is 0 Å². The monoisotopic (exact) mass is 422 g/mol. The second kappa shape index (κ2) is 7.65. The van der Waals surface area contributed by atoms with Crippen LogP contribution in [0.4, 0.5) is 11.5 Å². The van der Waals surface area contributed by atoms with E-state index in [4.69, 9.17) is 0 Å². The van der Waals surface area contributed by atoms with Gasteiger partial charge in [0.25, 0.3) is 5.56 Å². The Morgan fingerprint density at radius 3 is 2.57 bits per heavy atom. The average Bonchev–Trinajstić information content (AvgIpc) is 2.74. The highest BCUT2D eigenvalue weighted by atomic mass is 32.2. The van der Waals surface area contributed by atoms with Gasteiger partial charge in [0.05, 0.1) is 16.0 Å². The number of sulfonamides is 1. The van der Waals surface area contributed by atoms with Gasteiger partial charge in [0.2, 0.25) is 10.0 Å². The number of H-pyrrole nitrogens is 1. The van der Waals surface area contributed by atoms with Gasteiger partial charge in [-0.05, 0) is 49.7 Å². The number of aryl methyl sites for hydroxylation is 1. The topological polar surface area (TPSA) is 130 Å². The van der Waals surface area contributed by atoms with Crippen LogP contribution in [0.1, 0.15) is 5.82 Å². The molecule has 4 aromatic rings. The van der Waals surface area contributed by atoms with E-state index in [1.165, 1.54) is 19.2 Å². The summed E-state index contributed by atoms with van der Waals surface area (Å²) in [5, 5.41) is 4.11. The number of rotatable bonds is 5. The van der Waals surface area contributed by atoms with Gasteiger partial charge in [0.15, 0.2) is 0 Å². The predicted molar refractivity (Wildman–Crippen MR) is 114 cm³/mol. The van der Waals surface area contributed by atoms with Crippen molar-refractivity contribution >= 4 is 32.3 Å². The molecule has 0 fully saturated rings. The molecule has 3 heterocycles. The molecule has 0 amide bonds. The summed E-state index contributed by atoms with van der Waals surface area (Å²) in [6.07, 6.45) is 4.88. The number of nitrogens with zero attached hydrogens (tertiary/aromatic N) is 3. The Kier molecular flexibility index (Phi) is 5.02. The summed E-state index contributed by atoms with van der Waals surface area (Å²) in [6.45, 7) is 1.79. The third-order valence-electron chi connectivity index (χ3n) is 4.51. The van der Waals surface area contributed by atoms with E-state index in [1.54, 1.807) is 49.8 Å². The molecule has 10 heteroatoms. The Labute approximate surface area is 172 Å². The molecule has 4 rings (SSSR count). The van der Waals surface area contributed by atoms with Crippen molar-refractivity contribution in [3.05, 3.63) is 71.2 Å². The Morgan fingerprint density at radius 1 is 1.07 bits per heavy atom. The first-order valence-electron chi connectivity index (χ1n) is 8.99. The number of nitrogens with one attached hydrogen (secondary N) is 3. The molecule has 0 unspecified atom stereocenters. The Morgan fingerprint density at radius 2 is 1.83 bits per heavy atom. The van der Waals surface area contributed by atoms with Crippen LogP contribution < -0.4 is 15.6 Å². The Bertz CT molecular complexity index is 1400. The van der Waals surface area contributed by atoms with Crippen LogP contribution in [0.15, 0.2) is 64.7 Å². The van der Waals surface area contributed by atoms with E-state index in [1.807, 2.05) is 0 Å². The number of aromatic amines is 1. The number of benzene rings is 1. The molecule has 0 radical (unpaired) electrons. The first-order chi connectivity index (χ1) is 14.4. The van der Waals surface area contributed by atoms with E-state index in [9.17, 15) is 13.2 Å². The zero-order valence-corrected chi connectivity index (χ0v) is 17.0. The van der Waals surface area contributed by atoms with Crippen LogP contribution in [-0.2, 0) is 10.0 Å². The van der Waals surface area contributed by atoms with E-state index in [2.05, 4.69) is 30.0 Å². The second-order valence-electron chi connectivity index (χ2n) is 6.51. The van der Waals surface area contributed by atoms with Gasteiger partial charge in [-0.3, -0.25) is 4.79 Å².